The van der Waals surface area contributed by atoms with Gasteiger partial charge in [0.2, 0.25) is 0 Å². The Kier molecular flexibility index (Phi) is 2.68. The van der Waals surface area contributed by atoms with Gasteiger partial charge in [-0.3, -0.25) is 10.1 Å². The van der Waals surface area contributed by atoms with E-state index in [1.807, 2.05) is 12.1 Å². The number of nitro groups is 1. The molecule has 1 fully saturated rings. The van der Waals surface area contributed by atoms with E-state index < -0.39 is 0 Å². The highest BCUT2D eigenvalue weighted by Gasteiger charge is 2.36. The minimum Gasteiger partial charge on any atom is -0.307 e. The average Bonchev–Trinajstić information content (AvgIpc) is 2.96. The van der Waals surface area contributed by atoms with Gasteiger partial charge in [0.25, 0.3) is 5.69 Å². The molecule has 0 saturated heterocycles. The maximum Gasteiger partial charge on any atom is 0.272 e. The van der Waals surface area contributed by atoms with Crippen molar-refractivity contribution in [1.82, 2.24) is 5.32 Å². The number of hydrogen-bond donors (Lipinski definition) is 1. The lowest BCUT2D eigenvalue weighted by Crippen LogP contribution is -2.26. The van der Waals surface area contributed by atoms with E-state index in [9.17, 15) is 10.1 Å². The van der Waals surface area contributed by atoms with Gasteiger partial charge in [-0.2, -0.15) is 0 Å². The molecule has 86 valence electrons. The summed E-state index contributed by atoms with van der Waals surface area (Å²) in [4.78, 5) is 10.5. The third kappa shape index (κ3) is 2.39. The Hall–Kier alpha value is -1.42. The summed E-state index contributed by atoms with van der Waals surface area (Å²) in [6.07, 6.45) is 2.39. The van der Waals surface area contributed by atoms with E-state index >= 15 is 0 Å². The third-order valence-corrected chi connectivity index (χ3v) is 3.19. The largest absolute Gasteiger partial charge is 0.307 e. The molecule has 0 aliphatic heterocycles. The van der Waals surface area contributed by atoms with Crippen LogP contribution in [0.15, 0.2) is 18.2 Å². The van der Waals surface area contributed by atoms with Crippen LogP contribution in [-0.4, -0.2) is 10.5 Å². The van der Waals surface area contributed by atoms with Gasteiger partial charge < -0.3 is 5.32 Å². The Morgan fingerprint density at radius 3 is 2.75 bits per heavy atom. The Morgan fingerprint density at radius 1 is 1.50 bits per heavy atom. The normalized spacial score (nSPS) is 17.1. The summed E-state index contributed by atoms with van der Waals surface area (Å²) in [5, 5.41) is 14.2. The molecule has 0 spiro atoms. The van der Waals surface area contributed by atoms with Crippen molar-refractivity contribution in [3.63, 3.8) is 0 Å². The van der Waals surface area contributed by atoms with E-state index in [0.29, 0.717) is 12.1 Å². The first-order valence-electron chi connectivity index (χ1n) is 5.49. The number of aryl methyl sites for hydroxylation is 1. The first-order chi connectivity index (χ1) is 7.50. The van der Waals surface area contributed by atoms with Crippen molar-refractivity contribution in [2.24, 2.45) is 0 Å². The van der Waals surface area contributed by atoms with Crippen LogP contribution in [0, 0.1) is 17.0 Å². The Balaban J connectivity index is 2.09. The Labute approximate surface area is 94.8 Å². The second-order valence-corrected chi connectivity index (χ2v) is 4.79. The van der Waals surface area contributed by atoms with E-state index in [1.54, 1.807) is 13.0 Å². The summed E-state index contributed by atoms with van der Waals surface area (Å²) in [7, 11) is 0. The first kappa shape index (κ1) is 11.1. The van der Waals surface area contributed by atoms with E-state index in [1.165, 1.54) is 12.8 Å². The van der Waals surface area contributed by atoms with Crippen LogP contribution in [0.4, 0.5) is 5.69 Å². The molecule has 1 N–H and O–H groups in total. The van der Waals surface area contributed by atoms with E-state index in [4.69, 9.17) is 0 Å². The number of nitrogens with zero attached hydrogens (tertiary/aromatic N) is 1. The van der Waals surface area contributed by atoms with Crippen molar-refractivity contribution in [1.29, 1.82) is 0 Å². The number of hydrogen-bond acceptors (Lipinski definition) is 3. The SMILES string of the molecule is Cc1ccc(CNC2(C)CC2)cc1[N+](=O)[O-]. The van der Waals surface area contributed by atoms with Crippen LogP contribution in [-0.2, 0) is 6.54 Å². The third-order valence-electron chi connectivity index (χ3n) is 3.19. The lowest BCUT2D eigenvalue weighted by molar-refractivity contribution is -0.385. The predicted octanol–water partition coefficient (Wildman–Crippen LogP) is 2.55. The average molecular weight is 220 g/mol. The van der Waals surface area contributed by atoms with Crippen molar-refractivity contribution in [3.05, 3.63) is 39.4 Å². The maximum atomic E-state index is 10.8. The summed E-state index contributed by atoms with van der Waals surface area (Å²) in [6.45, 7) is 4.64. The molecule has 0 bridgehead atoms. The number of nitrogens with one attached hydrogen (secondary N) is 1. The molecule has 0 heterocycles. The zero-order chi connectivity index (χ0) is 11.8. The summed E-state index contributed by atoms with van der Waals surface area (Å²) in [5.41, 5.74) is 2.16. The van der Waals surface area contributed by atoms with Crippen LogP contribution in [0.25, 0.3) is 0 Å². The molecule has 0 radical (unpaired) electrons. The standard InChI is InChI=1S/C12H16N2O2/c1-9-3-4-10(7-11(9)14(15)16)8-13-12(2)5-6-12/h3-4,7,13H,5-6,8H2,1-2H3. The lowest BCUT2D eigenvalue weighted by atomic mass is 10.1. The lowest BCUT2D eigenvalue weighted by Gasteiger charge is -2.11. The van der Waals surface area contributed by atoms with Gasteiger partial charge in [0.05, 0.1) is 4.92 Å². The minimum absolute atomic E-state index is 0.209. The molecule has 0 aromatic heterocycles. The highest BCUT2D eigenvalue weighted by Crippen LogP contribution is 2.34. The molecule has 1 aromatic carbocycles. The number of rotatable bonds is 4. The molecule has 1 aromatic rings. The molecule has 16 heavy (non-hydrogen) atoms. The number of benzene rings is 1. The van der Waals surface area contributed by atoms with Crippen LogP contribution < -0.4 is 5.32 Å². The smallest absolute Gasteiger partial charge is 0.272 e. The van der Waals surface area contributed by atoms with E-state index in [-0.39, 0.29) is 16.1 Å². The van der Waals surface area contributed by atoms with Gasteiger partial charge in [-0.1, -0.05) is 12.1 Å². The Morgan fingerprint density at radius 2 is 2.19 bits per heavy atom. The Bertz CT molecular complexity index is 425. The molecule has 0 atom stereocenters. The molecule has 1 aliphatic rings. The molecule has 0 unspecified atom stereocenters. The second-order valence-electron chi connectivity index (χ2n) is 4.79. The van der Waals surface area contributed by atoms with E-state index in [0.717, 1.165) is 5.56 Å². The molecular formula is C12H16N2O2. The van der Waals surface area contributed by atoms with E-state index in [2.05, 4.69) is 12.2 Å². The van der Waals surface area contributed by atoms with Crippen LogP contribution in [0.3, 0.4) is 0 Å². The molecular weight excluding hydrogens is 204 g/mol. The van der Waals surface area contributed by atoms with Crippen molar-refractivity contribution < 1.29 is 4.92 Å². The van der Waals surface area contributed by atoms with Crippen molar-refractivity contribution in [2.45, 2.75) is 38.8 Å². The van der Waals surface area contributed by atoms with Gasteiger partial charge in [0.1, 0.15) is 0 Å². The highest BCUT2D eigenvalue weighted by molar-refractivity contribution is 5.42. The molecule has 1 aliphatic carbocycles. The quantitative estimate of drug-likeness (QED) is 0.626. The topological polar surface area (TPSA) is 55.2 Å². The molecule has 0 amide bonds. The second kappa shape index (κ2) is 3.87. The fraction of sp³-hybridized carbons (Fsp3) is 0.500. The zero-order valence-corrected chi connectivity index (χ0v) is 9.62. The van der Waals surface area contributed by atoms with Crippen LogP contribution in [0.2, 0.25) is 0 Å². The summed E-state index contributed by atoms with van der Waals surface area (Å²) in [6, 6.07) is 5.42. The fourth-order valence-corrected chi connectivity index (χ4v) is 1.64. The van der Waals surface area contributed by atoms with Crippen LogP contribution in [0.5, 0.6) is 0 Å². The maximum absolute atomic E-state index is 10.8. The minimum atomic E-state index is -0.322. The van der Waals surface area contributed by atoms with Crippen LogP contribution >= 0.6 is 0 Å². The number of nitro benzene ring substituents is 1. The van der Waals surface area contributed by atoms with Crippen molar-refractivity contribution in [3.8, 4) is 0 Å². The van der Waals surface area contributed by atoms with Crippen LogP contribution in [0.1, 0.15) is 30.9 Å². The van der Waals surface area contributed by atoms with Gasteiger partial charge in [-0.25, -0.2) is 0 Å². The molecule has 1 saturated carbocycles. The highest BCUT2D eigenvalue weighted by atomic mass is 16.6. The predicted molar refractivity (Wildman–Crippen MR) is 62.3 cm³/mol. The van der Waals surface area contributed by atoms with Gasteiger partial charge >= 0.3 is 0 Å². The summed E-state index contributed by atoms with van der Waals surface area (Å²) < 4.78 is 0. The first-order valence-corrected chi connectivity index (χ1v) is 5.49. The zero-order valence-electron chi connectivity index (χ0n) is 9.62. The summed E-state index contributed by atoms with van der Waals surface area (Å²) in [5.74, 6) is 0. The molecule has 4 nitrogen and oxygen atoms in total. The van der Waals surface area contributed by atoms with Gasteiger partial charge in [0.15, 0.2) is 0 Å². The van der Waals surface area contributed by atoms with Gasteiger partial charge in [-0.05, 0) is 32.3 Å². The summed E-state index contributed by atoms with van der Waals surface area (Å²) >= 11 is 0. The van der Waals surface area contributed by atoms with Crippen molar-refractivity contribution >= 4 is 5.69 Å². The monoisotopic (exact) mass is 220 g/mol. The molecule has 2 rings (SSSR count). The molecule has 4 heteroatoms. The van der Waals surface area contributed by atoms with Crippen molar-refractivity contribution in [2.75, 3.05) is 0 Å². The van der Waals surface area contributed by atoms with Gasteiger partial charge in [-0.15, -0.1) is 0 Å². The van der Waals surface area contributed by atoms with Gasteiger partial charge in [0, 0.05) is 23.7 Å². The fourth-order valence-electron chi connectivity index (χ4n) is 1.64.